The van der Waals surface area contributed by atoms with Crippen LogP contribution in [0.4, 0.5) is 0 Å². The van der Waals surface area contributed by atoms with Gasteiger partial charge < -0.3 is 5.32 Å². The van der Waals surface area contributed by atoms with Gasteiger partial charge in [0, 0.05) is 18.0 Å². The number of hydrogen-bond acceptors (Lipinski definition) is 1. The highest BCUT2D eigenvalue weighted by molar-refractivity contribution is 6.17. The third-order valence-corrected chi connectivity index (χ3v) is 2.23. The molecule has 0 aromatic heterocycles. The van der Waals surface area contributed by atoms with Gasteiger partial charge in [-0.3, -0.25) is 4.79 Å². The zero-order valence-corrected chi connectivity index (χ0v) is 9.47. The highest BCUT2D eigenvalue weighted by atomic mass is 35.5. The van der Waals surface area contributed by atoms with Gasteiger partial charge in [-0.25, -0.2) is 0 Å². The van der Waals surface area contributed by atoms with E-state index in [0.717, 1.165) is 11.1 Å². The molecule has 0 aliphatic carbocycles. The van der Waals surface area contributed by atoms with Gasteiger partial charge in [-0.15, -0.1) is 11.6 Å². The average Bonchev–Trinajstić information content (AvgIpc) is 2.26. The van der Waals surface area contributed by atoms with Crippen molar-refractivity contribution in [3.8, 4) is 0 Å². The number of hydrogen-bond donors (Lipinski definition) is 1. The second-order valence-electron chi connectivity index (χ2n) is 3.47. The molecule has 0 aliphatic rings. The Kier molecular flexibility index (Phi) is 4.37. The highest BCUT2D eigenvalue weighted by Crippen LogP contribution is 2.06. The first kappa shape index (κ1) is 11.8. The summed E-state index contributed by atoms with van der Waals surface area (Å²) in [5.74, 6) is 0.382. The van der Waals surface area contributed by atoms with E-state index >= 15 is 0 Å². The number of halogens is 1. The molecule has 1 amide bonds. The van der Waals surface area contributed by atoms with E-state index in [-0.39, 0.29) is 5.91 Å². The Bertz CT molecular complexity index is 356. The van der Waals surface area contributed by atoms with Crippen molar-refractivity contribution in [1.82, 2.24) is 5.32 Å². The zero-order chi connectivity index (χ0) is 11.3. The van der Waals surface area contributed by atoms with Crippen molar-refractivity contribution in [2.24, 2.45) is 0 Å². The first-order valence-electron chi connectivity index (χ1n) is 4.71. The van der Waals surface area contributed by atoms with Crippen LogP contribution in [-0.4, -0.2) is 12.5 Å². The molecular formula is C12H14ClNO. The van der Waals surface area contributed by atoms with Gasteiger partial charge in [-0.05, 0) is 24.6 Å². The molecule has 0 saturated carbocycles. The molecule has 2 nitrogen and oxygen atoms in total. The quantitative estimate of drug-likeness (QED) is 0.617. The second-order valence-corrected chi connectivity index (χ2v) is 3.74. The van der Waals surface area contributed by atoms with E-state index in [4.69, 9.17) is 11.6 Å². The van der Waals surface area contributed by atoms with Gasteiger partial charge in [-0.2, -0.15) is 0 Å². The Morgan fingerprint density at radius 2 is 2.00 bits per heavy atom. The largest absolute Gasteiger partial charge is 0.348 e. The van der Waals surface area contributed by atoms with Crippen LogP contribution in [0.1, 0.15) is 22.8 Å². The number of alkyl halides is 1. The van der Waals surface area contributed by atoms with Gasteiger partial charge in [0.2, 0.25) is 0 Å². The molecule has 0 unspecified atom stereocenters. The molecule has 0 atom stereocenters. The van der Waals surface area contributed by atoms with Crippen LogP contribution in [0.5, 0.6) is 0 Å². The van der Waals surface area contributed by atoms with E-state index in [9.17, 15) is 4.79 Å². The summed E-state index contributed by atoms with van der Waals surface area (Å²) in [4.78, 5) is 11.6. The molecule has 80 valence electrons. The Morgan fingerprint density at radius 1 is 1.40 bits per heavy atom. The molecule has 15 heavy (non-hydrogen) atoms. The van der Waals surface area contributed by atoms with Crippen LogP contribution in [0.15, 0.2) is 36.4 Å². The lowest BCUT2D eigenvalue weighted by Gasteiger charge is -2.04. The van der Waals surface area contributed by atoms with Crippen LogP contribution >= 0.6 is 11.6 Å². The summed E-state index contributed by atoms with van der Waals surface area (Å²) in [6.45, 7) is 6.10. The van der Waals surface area contributed by atoms with E-state index in [1.165, 1.54) is 0 Å². The standard InChI is InChI=1S/C12H14ClNO/c1-9(2)8-14-12(15)11-5-3-10(7-13)4-6-11/h3-6H,1,7-8H2,2H3,(H,14,15). The van der Waals surface area contributed by atoms with Gasteiger partial charge in [-0.1, -0.05) is 24.3 Å². The molecule has 1 aromatic carbocycles. The molecule has 0 heterocycles. The number of benzene rings is 1. The van der Waals surface area contributed by atoms with Crippen molar-refractivity contribution >= 4 is 17.5 Å². The van der Waals surface area contributed by atoms with E-state index in [1.807, 2.05) is 19.1 Å². The minimum absolute atomic E-state index is 0.0841. The van der Waals surface area contributed by atoms with Crippen molar-refractivity contribution < 1.29 is 4.79 Å². The summed E-state index contributed by atoms with van der Waals surface area (Å²) in [7, 11) is 0. The summed E-state index contributed by atoms with van der Waals surface area (Å²) in [6, 6.07) is 7.24. The van der Waals surface area contributed by atoms with Crippen LogP contribution < -0.4 is 5.32 Å². The lowest BCUT2D eigenvalue weighted by Crippen LogP contribution is -2.24. The van der Waals surface area contributed by atoms with Crippen LogP contribution in [-0.2, 0) is 5.88 Å². The summed E-state index contributed by atoms with van der Waals surface area (Å²) in [5.41, 5.74) is 2.58. The zero-order valence-electron chi connectivity index (χ0n) is 8.72. The average molecular weight is 224 g/mol. The van der Waals surface area contributed by atoms with Crippen LogP contribution in [0.3, 0.4) is 0 Å². The minimum Gasteiger partial charge on any atom is -0.348 e. The predicted molar refractivity (Wildman–Crippen MR) is 63.1 cm³/mol. The van der Waals surface area contributed by atoms with Crippen molar-refractivity contribution in [2.45, 2.75) is 12.8 Å². The van der Waals surface area contributed by atoms with Gasteiger partial charge in [0.05, 0.1) is 0 Å². The van der Waals surface area contributed by atoms with Gasteiger partial charge in [0.15, 0.2) is 0 Å². The normalized spacial score (nSPS) is 9.73. The third-order valence-electron chi connectivity index (χ3n) is 1.92. The van der Waals surface area contributed by atoms with E-state index in [1.54, 1.807) is 12.1 Å². The fourth-order valence-electron chi connectivity index (χ4n) is 1.08. The molecule has 1 aromatic rings. The summed E-state index contributed by atoms with van der Waals surface area (Å²) in [6.07, 6.45) is 0. The molecular weight excluding hydrogens is 210 g/mol. The van der Waals surface area contributed by atoms with Crippen molar-refractivity contribution in [1.29, 1.82) is 0 Å². The van der Waals surface area contributed by atoms with Crippen LogP contribution in [0, 0.1) is 0 Å². The molecule has 0 aliphatic heterocycles. The summed E-state index contributed by atoms with van der Waals surface area (Å²) in [5, 5.41) is 2.76. The fourth-order valence-corrected chi connectivity index (χ4v) is 1.26. The van der Waals surface area contributed by atoms with Crippen molar-refractivity contribution in [2.75, 3.05) is 6.54 Å². The fraction of sp³-hybridized carbons (Fsp3) is 0.250. The molecule has 1 rings (SSSR count). The Labute approximate surface area is 94.9 Å². The topological polar surface area (TPSA) is 29.1 Å². The SMILES string of the molecule is C=C(C)CNC(=O)c1ccc(CCl)cc1. The number of nitrogens with one attached hydrogen (secondary N) is 1. The van der Waals surface area contributed by atoms with E-state index in [0.29, 0.717) is 18.0 Å². The summed E-state index contributed by atoms with van der Waals surface area (Å²) < 4.78 is 0. The van der Waals surface area contributed by atoms with E-state index < -0.39 is 0 Å². The molecule has 3 heteroatoms. The molecule has 1 N–H and O–H groups in total. The van der Waals surface area contributed by atoms with Crippen LogP contribution in [0.2, 0.25) is 0 Å². The smallest absolute Gasteiger partial charge is 0.251 e. The lowest BCUT2D eigenvalue weighted by atomic mass is 10.1. The second kappa shape index (κ2) is 5.56. The van der Waals surface area contributed by atoms with E-state index in [2.05, 4.69) is 11.9 Å². The Hall–Kier alpha value is -1.28. The molecule has 0 bridgehead atoms. The number of carbonyl (C=O) groups excluding carboxylic acids is 1. The first-order valence-corrected chi connectivity index (χ1v) is 5.24. The van der Waals surface area contributed by atoms with Crippen LogP contribution in [0.25, 0.3) is 0 Å². The Balaban J connectivity index is 2.62. The predicted octanol–water partition coefficient (Wildman–Crippen LogP) is 2.73. The van der Waals surface area contributed by atoms with Crippen molar-refractivity contribution in [3.05, 3.63) is 47.5 Å². The maximum Gasteiger partial charge on any atom is 0.251 e. The number of carbonyl (C=O) groups is 1. The molecule has 0 spiro atoms. The lowest BCUT2D eigenvalue weighted by molar-refractivity contribution is 0.0957. The maximum absolute atomic E-state index is 11.6. The third kappa shape index (κ3) is 3.76. The minimum atomic E-state index is -0.0841. The molecule has 0 saturated heterocycles. The van der Waals surface area contributed by atoms with Gasteiger partial charge in [0.25, 0.3) is 5.91 Å². The monoisotopic (exact) mass is 223 g/mol. The highest BCUT2D eigenvalue weighted by Gasteiger charge is 2.03. The first-order chi connectivity index (χ1) is 7.13. The van der Waals surface area contributed by atoms with Gasteiger partial charge >= 0.3 is 0 Å². The summed E-state index contributed by atoms with van der Waals surface area (Å²) >= 11 is 5.65. The number of amides is 1. The molecule has 0 radical (unpaired) electrons. The van der Waals surface area contributed by atoms with Crippen molar-refractivity contribution in [3.63, 3.8) is 0 Å². The maximum atomic E-state index is 11.6. The number of rotatable bonds is 4. The Morgan fingerprint density at radius 3 is 2.47 bits per heavy atom. The van der Waals surface area contributed by atoms with Gasteiger partial charge in [0.1, 0.15) is 0 Å². The molecule has 0 fully saturated rings.